The molecule has 0 saturated heterocycles. The number of halogens is 1. The van der Waals surface area contributed by atoms with E-state index in [0.717, 1.165) is 20.4 Å². The van der Waals surface area contributed by atoms with Crippen molar-refractivity contribution >= 4 is 28.4 Å². The van der Waals surface area contributed by atoms with Gasteiger partial charge in [0.15, 0.2) is 0 Å². The first-order valence-electron chi connectivity index (χ1n) is 6.43. The lowest BCUT2D eigenvalue weighted by molar-refractivity contribution is 1.09. The monoisotopic (exact) mass is 385 g/mol. The Hall–Kier alpha value is -2.26. The Labute approximate surface area is 136 Å². The molecule has 0 aliphatic carbocycles. The Morgan fingerprint density at radius 1 is 1.00 bits per heavy atom. The molecule has 3 nitrogen and oxygen atoms in total. The van der Waals surface area contributed by atoms with E-state index in [9.17, 15) is 5.26 Å². The molecule has 0 fully saturated rings. The van der Waals surface area contributed by atoms with E-state index in [1.54, 1.807) is 0 Å². The maximum atomic E-state index is 9.42. The molecule has 0 spiro atoms. The summed E-state index contributed by atoms with van der Waals surface area (Å²) in [6.45, 7) is 0. The van der Waals surface area contributed by atoms with Crippen molar-refractivity contribution in [3.05, 3.63) is 69.9 Å². The SMILES string of the molecule is N#Cc1c(-c2ccccc2)cn(-c2ccc(I)cc2)c1N. The van der Waals surface area contributed by atoms with Crippen molar-refractivity contribution in [3.8, 4) is 22.9 Å². The molecule has 0 aliphatic heterocycles. The van der Waals surface area contributed by atoms with Crippen molar-refractivity contribution in [2.24, 2.45) is 0 Å². The minimum absolute atomic E-state index is 0.470. The quantitative estimate of drug-likeness (QED) is 0.673. The molecule has 0 bridgehead atoms. The number of hydrogen-bond donors (Lipinski definition) is 1. The van der Waals surface area contributed by atoms with Gasteiger partial charge in [0.2, 0.25) is 0 Å². The van der Waals surface area contributed by atoms with Crippen LogP contribution in [-0.4, -0.2) is 4.57 Å². The summed E-state index contributed by atoms with van der Waals surface area (Å²) in [6.07, 6.45) is 1.92. The highest BCUT2D eigenvalue weighted by Gasteiger charge is 2.15. The summed E-state index contributed by atoms with van der Waals surface area (Å²) in [6, 6.07) is 20.1. The van der Waals surface area contributed by atoms with Gasteiger partial charge >= 0.3 is 0 Å². The summed E-state index contributed by atoms with van der Waals surface area (Å²) in [5, 5.41) is 9.42. The average Bonchev–Trinajstić information content (AvgIpc) is 2.86. The Kier molecular flexibility index (Phi) is 3.67. The number of aromatic nitrogens is 1. The molecule has 2 aromatic carbocycles. The molecule has 0 saturated carbocycles. The van der Waals surface area contributed by atoms with E-state index in [1.165, 1.54) is 0 Å². The molecule has 0 unspecified atom stereocenters. The van der Waals surface area contributed by atoms with Gasteiger partial charge in [-0.3, -0.25) is 0 Å². The van der Waals surface area contributed by atoms with Crippen molar-refractivity contribution in [2.45, 2.75) is 0 Å². The molecule has 1 heterocycles. The van der Waals surface area contributed by atoms with Gasteiger partial charge in [0.25, 0.3) is 0 Å². The number of anilines is 1. The number of nitriles is 1. The van der Waals surface area contributed by atoms with Gasteiger partial charge in [-0.25, -0.2) is 0 Å². The van der Waals surface area contributed by atoms with Crippen molar-refractivity contribution in [3.63, 3.8) is 0 Å². The fraction of sp³-hybridized carbons (Fsp3) is 0. The van der Waals surface area contributed by atoms with Crippen LogP contribution in [0.5, 0.6) is 0 Å². The van der Waals surface area contributed by atoms with Crippen LogP contribution >= 0.6 is 22.6 Å². The second-order valence-corrected chi connectivity index (χ2v) is 5.87. The van der Waals surface area contributed by atoms with Crippen LogP contribution in [0.15, 0.2) is 60.8 Å². The Balaban J connectivity index is 2.19. The zero-order valence-electron chi connectivity index (χ0n) is 11.1. The molecular formula is C17H12IN3. The zero-order chi connectivity index (χ0) is 14.8. The lowest BCUT2D eigenvalue weighted by Crippen LogP contribution is -1.99. The van der Waals surface area contributed by atoms with Crippen molar-refractivity contribution in [2.75, 3.05) is 5.73 Å². The number of nitrogens with zero attached hydrogens (tertiary/aromatic N) is 2. The predicted molar refractivity (Wildman–Crippen MR) is 93.0 cm³/mol. The first kappa shape index (κ1) is 13.7. The van der Waals surface area contributed by atoms with Crippen LogP contribution in [0.1, 0.15) is 5.56 Å². The summed E-state index contributed by atoms with van der Waals surface area (Å²) in [7, 11) is 0. The summed E-state index contributed by atoms with van der Waals surface area (Å²) in [5.74, 6) is 0.470. The van der Waals surface area contributed by atoms with Crippen molar-refractivity contribution < 1.29 is 0 Å². The molecule has 2 N–H and O–H groups in total. The van der Waals surface area contributed by atoms with Crippen LogP contribution in [0.3, 0.4) is 0 Å². The van der Waals surface area contributed by atoms with E-state index < -0.39 is 0 Å². The van der Waals surface area contributed by atoms with Gasteiger partial charge in [-0.1, -0.05) is 30.3 Å². The van der Waals surface area contributed by atoms with Gasteiger partial charge in [0.1, 0.15) is 17.5 Å². The summed E-state index contributed by atoms with van der Waals surface area (Å²) >= 11 is 2.26. The van der Waals surface area contributed by atoms with Crippen LogP contribution in [0, 0.1) is 14.9 Å². The molecule has 1 aromatic heterocycles. The second kappa shape index (κ2) is 5.62. The number of nitrogen functional groups attached to an aromatic ring is 1. The van der Waals surface area contributed by atoms with Crippen molar-refractivity contribution in [1.82, 2.24) is 4.57 Å². The zero-order valence-corrected chi connectivity index (χ0v) is 13.3. The fourth-order valence-electron chi connectivity index (χ4n) is 2.29. The van der Waals surface area contributed by atoms with E-state index in [-0.39, 0.29) is 0 Å². The van der Waals surface area contributed by atoms with Crippen molar-refractivity contribution in [1.29, 1.82) is 5.26 Å². The Bertz CT molecular complexity index is 812. The molecule has 21 heavy (non-hydrogen) atoms. The van der Waals surface area contributed by atoms with Gasteiger partial charge in [0, 0.05) is 21.0 Å². The minimum Gasteiger partial charge on any atom is -0.384 e. The van der Waals surface area contributed by atoms with Crippen LogP contribution in [0.2, 0.25) is 0 Å². The highest BCUT2D eigenvalue weighted by Crippen LogP contribution is 2.31. The van der Waals surface area contributed by atoms with E-state index in [2.05, 4.69) is 28.7 Å². The van der Waals surface area contributed by atoms with Gasteiger partial charge in [-0.15, -0.1) is 0 Å². The largest absolute Gasteiger partial charge is 0.384 e. The lowest BCUT2D eigenvalue weighted by Gasteiger charge is -2.05. The predicted octanol–water partition coefficient (Wildman–Crippen LogP) is 4.20. The van der Waals surface area contributed by atoms with Crippen LogP contribution in [0.25, 0.3) is 16.8 Å². The number of benzene rings is 2. The highest BCUT2D eigenvalue weighted by molar-refractivity contribution is 14.1. The molecular weight excluding hydrogens is 373 g/mol. The topological polar surface area (TPSA) is 54.7 Å². The standard InChI is InChI=1S/C17H12IN3/c18-13-6-8-14(9-7-13)21-11-16(15(10-19)17(21)20)12-4-2-1-3-5-12/h1-9,11H,20H2. The third kappa shape index (κ3) is 2.52. The van der Waals surface area contributed by atoms with Gasteiger partial charge < -0.3 is 10.3 Å². The smallest absolute Gasteiger partial charge is 0.126 e. The van der Waals surface area contributed by atoms with Gasteiger partial charge in [0.05, 0.1) is 0 Å². The Morgan fingerprint density at radius 3 is 2.29 bits per heavy atom. The summed E-state index contributed by atoms with van der Waals surface area (Å²) in [5.41, 5.74) is 9.47. The average molecular weight is 385 g/mol. The number of rotatable bonds is 2. The maximum absolute atomic E-state index is 9.42. The Morgan fingerprint density at radius 2 is 1.67 bits per heavy atom. The third-order valence-electron chi connectivity index (χ3n) is 3.34. The molecule has 0 aliphatic rings. The van der Waals surface area contributed by atoms with Gasteiger partial charge in [-0.2, -0.15) is 5.26 Å². The highest BCUT2D eigenvalue weighted by atomic mass is 127. The molecule has 0 amide bonds. The minimum atomic E-state index is 0.470. The molecule has 4 heteroatoms. The van der Waals surface area contributed by atoms with Crippen LogP contribution in [-0.2, 0) is 0 Å². The van der Waals surface area contributed by atoms with E-state index in [4.69, 9.17) is 5.73 Å². The van der Waals surface area contributed by atoms with Gasteiger partial charge in [-0.05, 0) is 52.4 Å². The molecule has 0 radical (unpaired) electrons. The lowest BCUT2D eigenvalue weighted by atomic mass is 10.1. The molecule has 3 rings (SSSR count). The van der Waals surface area contributed by atoms with E-state index >= 15 is 0 Å². The van der Waals surface area contributed by atoms with E-state index in [0.29, 0.717) is 11.4 Å². The molecule has 0 atom stereocenters. The maximum Gasteiger partial charge on any atom is 0.126 e. The molecule has 3 aromatic rings. The summed E-state index contributed by atoms with van der Waals surface area (Å²) < 4.78 is 3.02. The van der Waals surface area contributed by atoms with Crippen LogP contribution < -0.4 is 5.73 Å². The normalized spacial score (nSPS) is 10.3. The fourth-order valence-corrected chi connectivity index (χ4v) is 2.65. The summed E-state index contributed by atoms with van der Waals surface area (Å²) in [4.78, 5) is 0. The third-order valence-corrected chi connectivity index (χ3v) is 4.06. The first-order chi connectivity index (χ1) is 10.2. The molecule has 102 valence electrons. The number of nitrogens with two attached hydrogens (primary N) is 1. The van der Waals surface area contributed by atoms with E-state index in [1.807, 2.05) is 65.4 Å². The second-order valence-electron chi connectivity index (χ2n) is 4.63. The number of hydrogen-bond acceptors (Lipinski definition) is 2. The first-order valence-corrected chi connectivity index (χ1v) is 7.51. The van der Waals surface area contributed by atoms with Crippen LogP contribution in [0.4, 0.5) is 5.82 Å².